The summed E-state index contributed by atoms with van der Waals surface area (Å²) in [5, 5.41) is 7.40. The average molecular weight is 242 g/mol. The zero-order valence-corrected chi connectivity index (χ0v) is 11.4. The van der Waals surface area contributed by atoms with Gasteiger partial charge in [-0.1, -0.05) is 19.3 Å². The van der Waals surface area contributed by atoms with Crippen molar-refractivity contribution in [3.8, 4) is 0 Å². The van der Waals surface area contributed by atoms with Crippen molar-refractivity contribution in [2.24, 2.45) is 0 Å². The van der Waals surface area contributed by atoms with Gasteiger partial charge in [0.2, 0.25) is 0 Å². The predicted octanol–water partition coefficient (Wildman–Crippen LogP) is 2.39. The van der Waals surface area contributed by atoms with Crippen molar-refractivity contribution in [1.82, 2.24) is 10.6 Å². The molecule has 1 aliphatic carbocycles. The number of hydrogen-bond donors (Lipinski definition) is 2. The SMILES string of the molecule is CC1(NCCC2CSCCN2)CCCCC1. The summed E-state index contributed by atoms with van der Waals surface area (Å²) < 4.78 is 0. The Labute approximate surface area is 104 Å². The first-order chi connectivity index (χ1) is 7.79. The molecule has 0 bridgehead atoms. The van der Waals surface area contributed by atoms with Gasteiger partial charge in [0.1, 0.15) is 0 Å². The van der Waals surface area contributed by atoms with Crippen LogP contribution in [0.4, 0.5) is 0 Å². The summed E-state index contributed by atoms with van der Waals surface area (Å²) in [6.07, 6.45) is 8.32. The van der Waals surface area contributed by atoms with Crippen LogP contribution in [-0.2, 0) is 0 Å². The normalized spacial score (nSPS) is 30.2. The largest absolute Gasteiger partial charge is 0.312 e. The van der Waals surface area contributed by atoms with E-state index in [2.05, 4.69) is 29.3 Å². The van der Waals surface area contributed by atoms with E-state index in [1.165, 1.54) is 63.1 Å². The summed E-state index contributed by atoms with van der Waals surface area (Å²) in [5.41, 5.74) is 0.445. The third-order valence-electron chi connectivity index (χ3n) is 4.00. The Hall–Kier alpha value is 0.270. The predicted molar refractivity (Wildman–Crippen MR) is 73.2 cm³/mol. The van der Waals surface area contributed by atoms with Crippen LogP contribution in [0.1, 0.15) is 45.4 Å². The molecule has 2 rings (SSSR count). The Balaban J connectivity index is 1.62. The molecule has 3 heteroatoms. The fourth-order valence-corrected chi connectivity index (χ4v) is 3.86. The van der Waals surface area contributed by atoms with Crippen molar-refractivity contribution in [1.29, 1.82) is 0 Å². The Kier molecular flexibility index (Phi) is 4.98. The molecule has 0 spiro atoms. The van der Waals surface area contributed by atoms with Gasteiger partial charge in [-0.2, -0.15) is 11.8 Å². The summed E-state index contributed by atoms with van der Waals surface area (Å²) in [5.74, 6) is 2.60. The quantitative estimate of drug-likeness (QED) is 0.791. The van der Waals surface area contributed by atoms with E-state index in [0.29, 0.717) is 5.54 Å². The van der Waals surface area contributed by atoms with E-state index >= 15 is 0 Å². The summed E-state index contributed by atoms with van der Waals surface area (Å²) >= 11 is 2.10. The molecule has 1 saturated heterocycles. The minimum absolute atomic E-state index is 0.445. The first-order valence-electron chi connectivity index (χ1n) is 6.85. The van der Waals surface area contributed by atoms with Gasteiger partial charge in [0.25, 0.3) is 0 Å². The maximum Gasteiger partial charge on any atom is 0.0170 e. The van der Waals surface area contributed by atoms with Crippen LogP contribution in [0.3, 0.4) is 0 Å². The zero-order chi connectivity index (χ0) is 11.3. The number of rotatable bonds is 4. The second-order valence-electron chi connectivity index (χ2n) is 5.56. The molecule has 0 aromatic carbocycles. The molecular weight excluding hydrogens is 216 g/mol. The van der Waals surface area contributed by atoms with Gasteiger partial charge in [-0.3, -0.25) is 0 Å². The highest BCUT2D eigenvalue weighted by Gasteiger charge is 2.25. The van der Waals surface area contributed by atoms with Crippen molar-refractivity contribution in [3.63, 3.8) is 0 Å². The lowest BCUT2D eigenvalue weighted by Crippen LogP contribution is -2.46. The molecule has 2 N–H and O–H groups in total. The van der Waals surface area contributed by atoms with Crippen LogP contribution in [0.25, 0.3) is 0 Å². The van der Waals surface area contributed by atoms with Gasteiger partial charge in [-0.25, -0.2) is 0 Å². The Bertz CT molecular complexity index is 196. The molecule has 0 aromatic rings. The molecule has 1 atom stereocenters. The minimum atomic E-state index is 0.445. The molecular formula is C13H26N2S. The summed E-state index contributed by atoms with van der Waals surface area (Å²) in [7, 11) is 0. The van der Waals surface area contributed by atoms with Gasteiger partial charge in [0.05, 0.1) is 0 Å². The van der Waals surface area contributed by atoms with Gasteiger partial charge in [0.15, 0.2) is 0 Å². The molecule has 16 heavy (non-hydrogen) atoms. The van der Waals surface area contributed by atoms with Gasteiger partial charge in [-0.15, -0.1) is 0 Å². The first kappa shape index (κ1) is 12.7. The molecule has 2 aliphatic rings. The third-order valence-corrected chi connectivity index (χ3v) is 5.13. The molecule has 1 aliphatic heterocycles. The standard InChI is InChI=1S/C13H26N2S/c1-13(6-3-2-4-7-13)15-8-5-12-11-16-10-9-14-12/h12,14-15H,2-11H2,1H3. The van der Waals surface area contributed by atoms with E-state index in [1.54, 1.807) is 0 Å². The van der Waals surface area contributed by atoms with E-state index in [4.69, 9.17) is 0 Å². The first-order valence-corrected chi connectivity index (χ1v) is 8.00. The van der Waals surface area contributed by atoms with Crippen LogP contribution >= 0.6 is 11.8 Å². The number of hydrogen-bond acceptors (Lipinski definition) is 3. The van der Waals surface area contributed by atoms with Gasteiger partial charge < -0.3 is 10.6 Å². The monoisotopic (exact) mass is 242 g/mol. The number of thioether (sulfide) groups is 1. The lowest BCUT2D eigenvalue weighted by Gasteiger charge is -2.35. The summed E-state index contributed by atoms with van der Waals surface area (Å²) in [4.78, 5) is 0. The van der Waals surface area contributed by atoms with E-state index in [-0.39, 0.29) is 0 Å². The fourth-order valence-electron chi connectivity index (χ4n) is 2.86. The molecule has 0 amide bonds. The van der Waals surface area contributed by atoms with Gasteiger partial charge in [-0.05, 0) is 32.7 Å². The van der Waals surface area contributed by atoms with Crippen LogP contribution in [0.5, 0.6) is 0 Å². The average Bonchev–Trinajstić information content (AvgIpc) is 2.31. The molecule has 2 fully saturated rings. The van der Waals surface area contributed by atoms with Crippen LogP contribution in [-0.4, -0.2) is 36.2 Å². The smallest absolute Gasteiger partial charge is 0.0170 e. The molecule has 1 heterocycles. The molecule has 2 nitrogen and oxygen atoms in total. The summed E-state index contributed by atoms with van der Waals surface area (Å²) in [6.45, 7) is 4.80. The lowest BCUT2D eigenvalue weighted by atomic mass is 9.83. The highest BCUT2D eigenvalue weighted by atomic mass is 32.2. The molecule has 0 radical (unpaired) electrons. The Morgan fingerprint density at radius 3 is 2.81 bits per heavy atom. The van der Waals surface area contributed by atoms with Gasteiger partial charge in [0, 0.05) is 29.6 Å². The van der Waals surface area contributed by atoms with Crippen molar-refractivity contribution in [2.75, 3.05) is 24.6 Å². The van der Waals surface area contributed by atoms with Gasteiger partial charge >= 0.3 is 0 Å². The number of nitrogens with one attached hydrogen (secondary N) is 2. The summed E-state index contributed by atoms with van der Waals surface area (Å²) in [6, 6.07) is 0.749. The van der Waals surface area contributed by atoms with Crippen molar-refractivity contribution in [3.05, 3.63) is 0 Å². The van der Waals surface area contributed by atoms with Crippen LogP contribution < -0.4 is 10.6 Å². The highest BCUT2D eigenvalue weighted by Crippen LogP contribution is 2.27. The van der Waals surface area contributed by atoms with Crippen LogP contribution in [0.15, 0.2) is 0 Å². The Morgan fingerprint density at radius 1 is 1.31 bits per heavy atom. The second-order valence-corrected chi connectivity index (χ2v) is 6.71. The van der Waals surface area contributed by atoms with Crippen LogP contribution in [0, 0.1) is 0 Å². The Morgan fingerprint density at radius 2 is 2.12 bits per heavy atom. The van der Waals surface area contributed by atoms with Crippen molar-refractivity contribution < 1.29 is 0 Å². The maximum absolute atomic E-state index is 3.80. The second kappa shape index (κ2) is 6.27. The maximum atomic E-state index is 3.80. The van der Waals surface area contributed by atoms with Crippen molar-refractivity contribution in [2.45, 2.75) is 57.0 Å². The van der Waals surface area contributed by atoms with Crippen molar-refractivity contribution >= 4 is 11.8 Å². The molecule has 0 aromatic heterocycles. The lowest BCUT2D eigenvalue weighted by molar-refractivity contribution is 0.251. The molecule has 94 valence electrons. The van der Waals surface area contributed by atoms with E-state index in [1.807, 2.05) is 0 Å². The van der Waals surface area contributed by atoms with E-state index < -0.39 is 0 Å². The highest BCUT2D eigenvalue weighted by molar-refractivity contribution is 7.99. The molecule has 1 saturated carbocycles. The fraction of sp³-hybridized carbons (Fsp3) is 1.00. The van der Waals surface area contributed by atoms with Crippen LogP contribution in [0.2, 0.25) is 0 Å². The van der Waals surface area contributed by atoms with E-state index in [0.717, 1.165) is 6.04 Å². The topological polar surface area (TPSA) is 24.1 Å². The minimum Gasteiger partial charge on any atom is -0.312 e. The van der Waals surface area contributed by atoms with E-state index in [9.17, 15) is 0 Å². The molecule has 1 unspecified atom stereocenters. The third kappa shape index (κ3) is 3.94. The zero-order valence-electron chi connectivity index (χ0n) is 10.6.